The van der Waals surface area contributed by atoms with E-state index < -0.39 is 49.5 Å². The first-order valence-electron chi connectivity index (χ1n) is 25.6. The molecule has 0 saturated carbocycles. The van der Waals surface area contributed by atoms with Crippen LogP contribution in [0, 0.1) is 0 Å². The highest BCUT2D eigenvalue weighted by molar-refractivity contribution is 5.76. The standard InChI is InChI=1S/C58H91NO8/c1-3-5-7-9-11-13-14-15-16-17-18-19-20-21-22-23-24-25-26-27-28-29-30-31-32-33-34-35-36-37-38-40-42-44-46-48-54(62)59-51(52(61)47-45-43-41-39-12-10-8-6-4-2)50-66-58-57(65)56(64)55(63)53(49-60)67-58/h5,7,11-13,15-16,18-19,21-22,24-25,27-28,30-31,33-34,36-37,39,45,47,51-53,55-58,60-61,63-65H,3-4,6,8-10,14,17,20,23,26,29,32,35,38,40-44,46,48-50H2,1-2H3,(H,59,62)/b7-5-,13-11-,16-15-,19-18-,22-21-,25-24-,28-27-,31-30-,34-33-,37-36-,39-12+,47-45+. The molecular formula is C58H91NO8. The smallest absolute Gasteiger partial charge is 0.220 e. The van der Waals surface area contributed by atoms with Gasteiger partial charge in [-0.05, 0) is 109 Å². The molecule has 0 bridgehead atoms. The van der Waals surface area contributed by atoms with E-state index in [4.69, 9.17) is 9.47 Å². The van der Waals surface area contributed by atoms with Gasteiger partial charge in [0.15, 0.2) is 6.29 Å². The van der Waals surface area contributed by atoms with Gasteiger partial charge in [0.25, 0.3) is 0 Å². The monoisotopic (exact) mass is 930 g/mol. The van der Waals surface area contributed by atoms with Crippen molar-refractivity contribution in [1.82, 2.24) is 5.32 Å². The van der Waals surface area contributed by atoms with Gasteiger partial charge < -0.3 is 40.3 Å². The Morgan fingerprint density at radius 2 is 0.940 bits per heavy atom. The van der Waals surface area contributed by atoms with Crippen molar-refractivity contribution in [2.24, 2.45) is 0 Å². The lowest BCUT2D eigenvalue weighted by molar-refractivity contribution is -0.302. The Labute approximate surface area is 406 Å². The number of nitrogens with one attached hydrogen (secondary N) is 1. The molecule has 7 atom stereocenters. The molecule has 1 rings (SSSR count). The number of carbonyl (C=O) groups is 1. The van der Waals surface area contributed by atoms with Crippen LogP contribution in [0.3, 0.4) is 0 Å². The van der Waals surface area contributed by atoms with E-state index in [-0.39, 0.29) is 12.5 Å². The molecule has 0 aromatic heterocycles. The molecule has 1 fully saturated rings. The molecule has 1 saturated heterocycles. The third-order valence-corrected chi connectivity index (χ3v) is 10.9. The summed E-state index contributed by atoms with van der Waals surface area (Å²) in [6.45, 7) is 3.54. The van der Waals surface area contributed by atoms with E-state index in [2.05, 4.69) is 153 Å². The number of carbonyl (C=O) groups excluding carboxylic acids is 1. The molecule has 376 valence electrons. The van der Waals surface area contributed by atoms with E-state index in [0.29, 0.717) is 12.8 Å². The zero-order valence-electron chi connectivity index (χ0n) is 41.3. The van der Waals surface area contributed by atoms with E-state index >= 15 is 0 Å². The topological polar surface area (TPSA) is 149 Å². The van der Waals surface area contributed by atoms with Gasteiger partial charge in [0, 0.05) is 6.42 Å². The molecule has 1 amide bonds. The van der Waals surface area contributed by atoms with Gasteiger partial charge in [0.05, 0.1) is 25.4 Å². The summed E-state index contributed by atoms with van der Waals surface area (Å²) in [5.74, 6) is -0.222. The Bertz CT molecular complexity index is 1550. The molecule has 1 heterocycles. The number of aliphatic hydroxyl groups is 5. The Hall–Kier alpha value is -3.93. The van der Waals surface area contributed by atoms with Crippen LogP contribution in [0.1, 0.15) is 155 Å². The highest BCUT2D eigenvalue weighted by atomic mass is 16.7. The third-order valence-electron chi connectivity index (χ3n) is 10.9. The molecule has 7 unspecified atom stereocenters. The van der Waals surface area contributed by atoms with E-state index in [1.165, 1.54) is 19.3 Å². The molecule has 0 aliphatic carbocycles. The van der Waals surface area contributed by atoms with Gasteiger partial charge in [-0.25, -0.2) is 0 Å². The number of unbranched alkanes of at least 4 members (excludes halogenated alkanes) is 8. The van der Waals surface area contributed by atoms with Crippen LogP contribution in [-0.4, -0.2) is 87.5 Å². The maximum Gasteiger partial charge on any atom is 0.220 e. The van der Waals surface area contributed by atoms with Crippen molar-refractivity contribution in [2.75, 3.05) is 13.2 Å². The fourth-order valence-electron chi connectivity index (χ4n) is 6.84. The van der Waals surface area contributed by atoms with Crippen molar-refractivity contribution in [1.29, 1.82) is 0 Å². The van der Waals surface area contributed by atoms with E-state index in [9.17, 15) is 30.3 Å². The van der Waals surface area contributed by atoms with Crippen molar-refractivity contribution in [2.45, 2.75) is 198 Å². The lowest BCUT2D eigenvalue weighted by Crippen LogP contribution is -2.60. The minimum Gasteiger partial charge on any atom is -0.394 e. The molecule has 0 spiro atoms. The first-order chi connectivity index (χ1) is 32.8. The Morgan fingerprint density at radius 1 is 0.522 bits per heavy atom. The Kier molecular flexibility index (Phi) is 41.8. The summed E-state index contributed by atoms with van der Waals surface area (Å²) in [6.07, 6.45) is 64.9. The quantitative estimate of drug-likeness (QED) is 0.0263. The van der Waals surface area contributed by atoms with Gasteiger partial charge in [-0.15, -0.1) is 0 Å². The van der Waals surface area contributed by atoms with Gasteiger partial charge in [0.1, 0.15) is 24.4 Å². The fourth-order valence-corrected chi connectivity index (χ4v) is 6.84. The lowest BCUT2D eigenvalue weighted by Gasteiger charge is -2.40. The Balaban J connectivity index is 2.22. The van der Waals surface area contributed by atoms with Crippen LogP contribution in [0.15, 0.2) is 146 Å². The highest BCUT2D eigenvalue weighted by Crippen LogP contribution is 2.22. The second kappa shape index (κ2) is 45.8. The number of allylic oxidation sites excluding steroid dienone is 23. The summed E-state index contributed by atoms with van der Waals surface area (Å²) in [6, 6.07) is -0.844. The normalized spacial score (nSPS) is 21.0. The molecule has 9 nitrogen and oxygen atoms in total. The van der Waals surface area contributed by atoms with Gasteiger partial charge in [-0.1, -0.05) is 185 Å². The van der Waals surface area contributed by atoms with Crippen LogP contribution in [0.25, 0.3) is 0 Å². The molecule has 9 heteroatoms. The first kappa shape index (κ1) is 61.1. The van der Waals surface area contributed by atoms with Crippen molar-refractivity contribution >= 4 is 5.91 Å². The minimum atomic E-state index is -1.58. The summed E-state index contributed by atoms with van der Waals surface area (Å²) in [5, 5.41) is 54.0. The van der Waals surface area contributed by atoms with E-state index in [0.717, 1.165) is 109 Å². The van der Waals surface area contributed by atoms with E-state index in [1.54, 1.807) is 6.08 Å². The Morgan fingerprint density at radius 3 is 1.42 bits per heavy atom. The van der Waals surface area contributed by atoms with Crippen molar-refractivity contribution < 1.29 is 39.8 Å². The van der Waals surface area contributed by atoms with Gasteiger partial charge in [-0.3, -0.25) is 4.79 Å². The molecule has 0 aromatic rings. The average Bonchev–Trinajstić information content (AvgIpc) is 3.33. The fraction of sp³-hybridized carbons (Fsp3) is 0.569. The molecule has 6 N–H and O–H groups in total. The second-order valence-corrected chi connectivity index (χ2v) is 16.9. The molecule has 1 aliphatic heterocycles. The molecular weight excluding hydrogens is 839 g/mol. The van der Waals surface area contributed by atoms with Crippen molar-refractivity contribution in [3.8, 4) is 0 Å². The maximum atomic E-state index is 12.9. The number of hydrogen-bond donors (Lipinski definition) is 6. The summed E-state index contributed by atoms with van der Waals surface area (Å²) in [7, 11) is 0. The van der Waals surface area contributed by atoms with Gasteiger partial charge >= 0.3 is 0 Å². The van der Waals surface area contributed by atoms with Crippen LogP contribution in [0.5, 0.6) is 0 Å². The van der Waals surface area contributed by atoms with Crippen LogP contribution >= 0.6 is 0 Å². The SMILES string of the molecule is CC/C=C\C/C=C\C/C=C\C/C=C\C/C=C\C/C=C\C/C=C\C/C=C\C/C=C\C/C=C\CCCCCCC(=O)NC(COC1OC(CO)C(O)C(O)C1O)C(O)/C=C/CC/C=C/CCCCC. The molecule has 1 aliphatic rings. The van der Waals surface area contributed by atoms with Crippen molar-refractivity contribution in [3.63, 3.8) is 0 Å². The average molecular weight is 930 g/mol. The largest absolute Gasteiger partial charge is 0.394 e. The first-order valence-corrected chi connectivity index (χ1v) is 25.6. The van der Waals surface area contributed by atoms with Crippen LogP contribution in [0.2, 0.25) is 0 Å². The molecule has 0 radical (unpaired) electrons. The zero-order valence-corrected chi connectivity index (χ0v) is 41.3. The van der Waals surface area contributed by atoms with Gasteiger partial charge in [0.2, 0.25) is 5.91 Å². The van der Waals surface area contributed by atoms with Crippen LogP contribution in [0.4, 0.5) is 0 Å². The number of ether oxygens (including phenoxy) is 2. The zero-order chi connectivity index (χ0) is 48.7. The predicted octanol–water partition coefficient (Wildman–Crippen LogP) is 11.9. The summed E-state index contributed by atoms with van der Waals surface area (Å²) in [5.41, 5.74) is 0. The van der Waals surface area contributed by atoms with Gasteiger partial charge in [-0.2, -0.15) is 0 Å². The number of hydrogen-bond acceptors (Lipinski definition) is 8. The van der Waals surface area contributed by atoms with Crippen LogP contribution < -0.4 is 5.32 Å². The molecule has 0 aromatic carbocycles. The summed E-state index contributed by atoms with van der Waals surface area (Å²) in [4.78, 5) is 12.9. The molecule has 67 heavy (non-hydrogen) atoms. The van der Waals surface area contributed by atoms with E-state index in [1.807, 2.05) is 6.08 Å². The highest BCUT2D eigenvalue weighted by Gasteiger charge is 2.44. The van der Waals surface area contributed by atoms with Crippen LogP contribution in [-0.2, 0) is 14.3 Å². The summed E-state index contributed by atoms with van der Waals surface area (Å²) < 4.78 is 11.2. The predicted molar refractivity (Wildman–Crippen MR) is 280 cm³/mol. The number of rotatable bonds is 40. The number of aliphatic hydroxyl groups excluding tert-OH is 5. The second-order valence-electron chi connectivity index (χ2n) is 16.9. The minimum absolute atomic E-state index is 0.222. The summed E-state index contributed by atoms with van der Waals surface area (Å²) >= 11 is 0. The maximum absolute atomic E-state index is 12.9. The lowest BCUT2D eigenvalue weighted by atomic mass is 9.99. The third kappa shape index (κ3) is 35.8. The van der Waals surface area contributed by atoms with Crippen molar-refractivity contribution in [3.05, 3.63) is 146 Å². The number of amides is 1.